The lowest BCUT2D eigenvalue weighted by molar-refractivity contribution is 0.523. The van der Waals surface area contributed by atoms with Gasteiger partial charge >= 0.3 is 0 Å². The molecule has 4 aliphatic heterocycles. The van der Waals surface area contributed by atoms with Crippen molar-refractivity contribution in [3.8, 4) is 22.7 Å². The predicted molar refractivity (Wildman–Crippen MR) is 371 cm³/mol. The minimum Gasteiger partial charge on any atom is -0.310 e. The number of hydrogen-bond donors (Lipinski definition) is 0. The van der Waals surface area contributed by atoms with Crippen LogP contribution in [0.5, 0.6) is 0 Å². The second-order valence-electron chi connectivity index (χ2n) is 31.1. The molecule has 10 aromatic carbocycles. The number of hydrogen-bond acceptors (Lipinski definition) is 0. The van der Waals surface area contributed by atoms with E-state index in [0.717, 1.165) is 6.42 Å². The van der Waals surface area contributed by atoms with Crippen LogP contribution in [0.3, 0.4) is 0 Å². The van der Waals surface area contributed by atoms with E-state index >= 15 is 0 Å². The number of nitrogens with zero attached hydrogens (tertiary/aromatic N) is 4. The second-order valence-corrected chi connectivity index (χ2v) is 31.1. The third kappa shape index (κ3) is 6.48. The van der Waals surface area contributed by atoms with Crippen LogP contribution in [0.25, 0.3) is 110 Å². The van der Waals surface area contributed by atoms with Crippen LogP contribution in [-0.4, -0.2) is 31.7 Å². The van der Waals surface area contributed by atoms with Gasteiger partial charge in [0.1, 0.15) is 0 Å². The van der Waals surface area contributed by atoms with Crippen LogP contribution < -0.4 is 32.8 Å². The predicted octanol–water partition coefficient (Wildman–Crippen LogP) is 16.1. The number of aromatic nitrogens is 4. The largest absolute Gasteiger partial charge is 0.310 e. The van der Waals surface area contributed by atoms with Gasteiger partial charge in [-0.2, -0.15) is 0 Å². The maximum absolute atomic E-state index is 2.70. The van der Waals surface area contributed by atoms with Crippen LogP contribution in [0, 0.1) is 0 Å². The molecule has 4 aromatic heterocycles. The highest BCUT2D eigenvalue weighted by Crippen LogP contribution is 2.46. The van der Waals surface area contributed by atoms with Gasteiger partial charge in [-0.25, -0.2) is 0 Å². The fraction of sp³-hybridized carbons (Fsp3) is 0.250. The maximum atomic E-state index is 2.70. The van der Waals surface area contributed by atoms with Crippen LogP contribution in [0.15, 0.2) is 170 Å². The smallest absolute Gasteiger partial charge is 0.252 e. The van der Waals surface area contributed by atoms with Crippen molar-refractivity contribution in [3.05, 3.63) is 203 Å². The summed E-state index contributed by atoms with van der Waals surface area (Å²) in [4.78, 5) is 0. The lowest BCUT2D eigenvalue weighted by atomic mass is 9.33. The summed E-state index contributed by atoms with van der Waals surface area (Å²) >= 11 is 0. The van der Waals surface area contributed by atoms with Crippen molar-refractivity contribution in [1.29, 1.82) is 0 Å². The van der Waals surface area contributed by atoms with Gasteiger partial charge < -0.3 is 18.3 Å². The van der Waals surface area contributed by atoms with E-state index in [-0.39, 0.29) is 40.5 Å². The molecule has 0 saturated heterocycles. The average molecular weight is 1110 g/mol. The maximum Gasteiger partial charge on any atom is 0.252 e. The molecule has 0 amide bonds. The monoisotopic (exact) mass is 1110 g/mol. The van der Waals surface area contributed by atoms with Gasteiger partial charge in [0, 0.05) is 87.9 Å². The Balaban J connectivity index is 0.821. The molecule has 0 aliphatic carbocycles. The minimum absolute atomic E-state index is 0.0196. The van der Waals surface area contributed by atoms with E-state index in [1.165, 1.54) is 176 Å². The van der Waals surface area contributed by atoms with Crippen molar-refractivity contribution in [2.45, 2.75) is 130 Å². The Morgan fingerprint density at radius 1 is 0.279 bits per heavy atom. The lowest BCUT2D eigenvalue weighted by Crippen LogP contribution is -2.60. The molecule has 4 nitrogen and oxygen atoms in total. The number of para-hydroxylation sites is 3. The zero-order valence-electron chi connectivity index (χ0n) is 52.3. The summed E-state index contributed by atoms with van der Waals surface area (Å²) < 4.78 is 10.5. The van der Waals surface area contributed by atoms with E-state index in [1.54, 1.807) is 0 Å². The fourth-order valence-electron chi connectivity index (χ4n) is 16.8. The van der Waals surface area contributed by atoms with Crippen molar-refractivity contribution < 1.29 is 0 Å². The third-order valence-corrected chi connectivity index (χ3v) is 21.3. The van der Waals surface area contributed by atoms with Crippen LogP contribution in [0.2, 0.25) is 0 Å². The van der Waals surface area contributed by atoms with Gasteiger partial charge in [0.15, 0.2) is 0 Å². The van der Waals surface area contributed by atoms with E-state index < -0.39 is 0 Å². The Morgan fingerprint density at radius 3 is 1.21 bits per heavy atom. The first-order chi connectivity index (χ1) is 40.9. The number of benzene rings is 10. The van der Waals surface area contributed by atoms with Crippen LogP contribution in [0.1, 0.15) is 130 Å². The van der Waals surface area contributed by atoms with Crippen LogP contribution in [-0.2, 0) is 33.5 Å². The molecule has 86 heavy (non-hydrogen) atoms. The van der Waals surface area contributed by atoms with E-state index in [2.05, 4.69) is 285 Å². The summed E-state index contributed by atoms with van der Waals surface area (Å²) in [6, 6.07) is 67.8. The summed E-state index contributed by atoms with van der Waals surface area (Å²) in [5.41, 5.74) is 32.0. The van der Waals surface area contributed by atoms with Gasteiger partial charge in [-0.15, -0.1) is 0 Å². The topological polar surface area (TPSA) is 19.7 Å². The molecule has 14 aromatic rings. The first-order valence-electron chi connectivity index (χ1n) is 31.6. The van der Waals surface area contributed by atoms with Gasteiger partial charge in [-0.3, -0.25) is 0 Å². The molecule has 6 heteroatoms. The van der Waals surface area contributed by atoms with E-state index in [0.29, 0.717) is 0 Å². The standard InChI is InChI=1S/C80H72B2N4/c1-76(2,3)45-29-32-64-54(35-45)56-37-47(77(4,5)6)39-60-74(56)85(64)68-41-49(79(10,11)12)42-69-71(68)82(60)61-40-48(78(7,8)9)38-57-55-36-46(30-33-65(55)86(69)75(57)61)80(13,14)43-44-28-31-63-53(34-44)52-22-18-24-59-73(52)84(63)67-27-19-26-66-70(67)81(59)58-23-17-21-51-50-20-15-16-25-62(50)83(66)72(51)58/h15-42H,43H2,1-14H3. The Labute approximate surface area is 505 Å². The average Bonchev–Trinajstić information content (AvgIpc) is 1.44. The summed E-state index contributed by atoms with van der Waals surface area (Å²) in [6.07, 6.45) is 0.902. The third-order valence-electron chi connectivity index (χ3n) is 21.3. The first kappa shape index (κ1) is 50.8. The van der Waals surface area contributed by atoms with E-state index in [1.807, 2.05) is 0 Å². The summed E-state index contributed by atoms with van der Waals surface area (Å²) in [5.74, 6) is 0. The summed E-state index contributed by atoms with van der Waals surface area (Å²) in [5, 5.41) is 10.7. The van der Waals surface area contributed by atoms with E-state index in [4.69, 9.17) is 0 Å². The van der Waals surface area contributed by atoms with Crippen LogP contribution in [0.4, 0.5) is 0 Å². The fourth-order valence-corrected chi connectivity index (χ4v) is 16.8. The Bertz CT molecular complexity index is 5460. The Morgan fingerprint density at radius 2 is 0.663 bits per heavy atom. The highest BCUT2D eigenvalue weighted by molar-refractivity contribution is 7.01. The Kier molecular flexibility index (Phi) is 9.53. The summed E-state index contributed by atoms with van der Waals surface area (Å²) in [6.45, 7) is 33.7. The zero-order chi connectivity index (χ0) is 58.9. The molecule has 8 heterocycles. The lowest BCUT2D eigenvalue weighted by Gasteiger charge is -2.37. The van der Waals surface area contributed by atoms with Gasteiger partial charge in [0.25, 0.3) is 13.4 Å². The molecule has 0 fully saturated rings. The minimum atomic E-state index is -0.189. The highest BCUT2D eigenvalue weighted by atomic mass is 15.0. The Hall–Kier alpha value is -8.47. The van der Waals surface area contributed by atoms with Crippen molar-refractivity contribution in [2.24, 2.45) is 0 Å². The zero-order valence-corrected chi connectivity index (χ0v) is 52.3. The molecule has 0 saturated carbocycles. The molecule has 18 rings (SSSR count). The molecular weight excluding hydrogens is 1040 g/mol. The number of fused-ring (bicyclic) bond motifs is 20. The van der Waals surface area contributed by atoms with Gasteiger partial charge in [-0.1, -0.05) is 188 Å². The van der Waals surface area contributed by atoms with Crippen molar-refractivity contribution >= 4 is 133 Å². The number of rotatable bonds is 3. The normalized spacial score (nSPS) is 14.4. The van der Waals surface area contributed by atoms with E-state index in [9.17, 15) is 0 Å². The molecule has 0 bridgehead atoms. The SMILES string of the molecule is CC(C)(C)c1cc2c3c(c1)-n1c4ccc(C(C)(C)Cc5ccc6c(c5)c5cccc7c5n6-c5cccc6c5B7c5cccc7c8ccccc8n-6c57)cc4c4cc(C(C)(C)C)cc(c41)B3c1cc(C(C)(C)C)cc3c4cc(C(C)(C)C)ccc4n-2c13. The molecule has 0 N–H and O–H groups in total. The highest BCUT2D eigenvalue weighted by Gasteiger charge is 2.45. The molecule has 4 aliphatic rings. The van der Waals surface area contributed by atoms with Gasteiger partial charge in [-0.05, 0) is 179 Å². The molecule has 418 valence electrons. The van der Waals surface area contributed by atoms with Crippen molar-refractivity contribution in [2.75, 3.05) is 0 Å². The molecule has 0 unspecified atom stereocenters. The van der Waals surface area contributed by atoms with Gasteiger partial charge in [0.05, 0.1) is 22.1 Å². The van der Waals surface area contributed by atoms with Crippen LogP contribution >= 0.6 is 0 Å². The molecule has 0 radical (unpaired) electrons. The molecule has 0 spiro atoms. The molecular formula is C80H72B2N4. The quantitative estimate of drug-likeness (QED) is 0.157. The second kappa shape index (κ2) is 16.1. The first-order valence-corrected chi connectivity index (χ1v) is 31.6. The van der Waals surface area contributed by atoms with Gasteiger partial charge in [0.2, 0.25) is 0 Å². The summed E-state index contributed by atoms with van der Waals surface area (Å²) in [7, 11) is 0. The molecule has 0 atom stereocenters. The van der Waals surface area contributed by atoms with Crippen molar-refractivity contribution in [3.63, 3.8) is 0 Å². The van der Waals surface area contributed by atoms with Crippen molar-refractivity contribution in [1.82, 2.24) is 18.3 Å².